The van der Waals surface area contributed by atoms with Gasteiger partial charge in [-0.05, 0) is 5.56 Å². The number of hydrogen-bond acceptors (Lipinski definition) is 11. The van der Waals surface area contributed by atoms with Crippen molar-refractivity contribution >= 4 is 40.2 Å². The van der Waals surface area contributed by atoms with Crippen molar-refractivity contribution in [1.82, 2.24) is 0 Å². The Bertz CT molecular complexity index is 718. The van der Waals surface area contributed by atoms with Crippen LogP contribution in [0.1, 0.15) is 20.8 Å². The average molecular weight is 430 g/mol. The van der Waals surface area contributed by atoms with Crippen LogP contribution in [0.2, 0.25) is 0 Å². The Labute approximate surface area is 246 Å². The Kier molecular flexibility index (Phi) is 21.8. The molecule has 0 radical (unpaired) electrons. The van der Waals surface area contributed by atoms with E-state index in [1.807, 2.05) is 0 Å². The number of rotatable bonds is 8. The summed E-state index contributed by atoms with van der Waals surface area (Å²) in [7, 11) is 0. The van der Waals surface area contributed by atoms with Gasteiger partial charge in [0.05, 0.1) is 41.4 Å². The summed E-state index contributed by atoms with van der Waals surface area (Å²) in [5.41, 5.74) is -0.935. The van der Waals surface area contributed by atoms with Gasteiger partial charge in [0.15, 0.2) is 0 Å². The molecule has 0 atom stereocenters. The molecule has 0 fully saturated rings. The third kappa shape index (κ3) is 11.0. The first kappa shape index (κ1) is 35.3. The van der Waals surface area contributed by atoms with Crippen LogP contribution in [-0.4, -0.2) is 37.0 Å². The Hall–Kier alpha value is 0.870. The van der Waals surface area contributed by atoms with Crippen molar-refractivity contribution in [1.29, 1.82) is 5.26 Å². The third-order valence-corrected chi connectivity index (χ3v) is 3.81. The number of aromatic carboxylic acids is 1. The van der Waals surface area contributed by atoms with Crippen molar-refractivity contribution in [2.75, 3.05) is 18.0 Å². The van der Waals surface area contributed by atoms with Gasteiger partial charge in [0.2, 0.25) is 0 Å². The number of thiophene rings is 1. The van der Waals surface area contributed by atoms with E-state index in [4.69, 9.17) is 5.26 Å². The number of hydrogen-bond donors (Lipinski definition) is 0. The first-order chi connectivity index (χ1) is 10.7. The number of carboxylic acid groups (broad SMARTS) is 4. The van der Waals surface area contributed by atoms with Gasteiger partial charge in [-0.1, -0.05) is 0 Å². The van der Waals surface area contributed by atoms with Crippen molar-refractivity contribution in [2.45, 2.75) is 6.42 Å². The minimum atomic E-state index is -1.80. The number of aliphatic carboxylic acids is 3. The molecule has 0 spiro atoms. The van der Waals surface area contributed by atoms with Crippen molar-refractivity contribution in [2.24, 2.45) is 0 Å². The fraction of sp³-hybridized carbons (Fsp3) is 0.250. The predicted molar refractivity (Wildman–Crippen MR) is 64.3 cm³/mol. The molecule has 0 aromatic carbocycles. The summed E-state index contributed by atoms with van der Waals surface area (Å²) in [6, 6.07) is 1.53. The van der Waals surface area contributed by atoms with Gasteiger partial charge in [-0.15, -0.1) is 11.3 Å². The van der Waals surface area contributed by atoms with Crippen LogP contribution < -0.4 is 144 Å². The van der Waals surface area contributed by atoms with Gasteiger partial charge < -0.3 is 44.5 Å². The number of carboxylic acids is 4. The van der Waals surface area contributed by atoms with E-state index in [2.05, 4.69) is 0 Å². The maximum atomic E-state index is 11.1. The Morgan fingerprint density at radius 1 is 0.889 bits per heavy atom. The summed E-state index contributed by atoms with van der Waals surface area (Å²) in [5.74, 6) is -6.87. The van der Waals surface area contributed by atoms with Gasteiger partial charge in [-0.25, -0.2) is 0 Å². The first-order valence-electron chi connectivity index (χ1n) is 5.79. The van der Waals surface area contributed by atoms with Crippen LogP contribution in [-0.2, 0) is 20.8 Å². The molecule has 1 aromatic rings. The van der Waals surface area contributed by atoms with Crippen LogP contribution in [0.4, 0.5) is 5.00 Å². The maximum absolute atomic E-state index is 11.1. The Morgan fingerprint density at radius 3 is 1.63 bits per heavy atom. The molecule has 0 aliphatic heterocycles. The molecule has 15 heteroatoms. The van der Waals surface area contributed by atoms with Crippen LogP contribution in [0.25, 0.3) is 0 Å². The summed E-state index contributed by atoms with van der Waals surface area (Å²) in [4.78, 5) is 43.1. The molecular weight excluding hydrogens is 424 g/mol. The molecule has 1 heterocycles. The first-order valence-corrected chi connectivity index (χ1v) is 6.60. The van der Waals surface area contributed by atoms with Crippen molar-refractivity contribution < 1.29 is 158 Å². The summed E-state index contributed by atoms with van der Waals surface area (Å²) in [6.45, 7) is -1.94. The molecule has 0 bridgehead atoms. The summed E-state index contributed by atoms with van der Waals surface area (Å²) in [6.07, 6.45) is -0.937. The number of nitriles is 1. The van der Waals surface area contributed by atoms with E-state index in [0.29, 0.717) is 16.2 Å². The zero-order chi connectivity index (χ0) is 17.7. The van der Waals surface area contributed by atoms with Crippen LogP contribution >= 0.6 is 11.3 Å². The fourth-order valence-electron chi connectivity index (χ4n) is 1.78. The molecule has 0 aliphatic carbocycles. The largest absolute Gasteiger partial charge is 1.00 e. The SMILES string of the molecule is N#Cc1c(N(CC(=O)[O-])CC(=O)[O-])sc(C(=O)[O-])c1CC(=O)[O-].[Na+].[Na+].[Na+].[Na+]. The molecule has 0 saturated carbocycles. The van der Waals surface area contributed by atoms with Crippen LogP contribution in [0.15, 0.2) is 0 Å². The zero-order valence-electron chi connectivity index (χ0n) is 15.2. The quantitative estimate of drug-likeness (QED) is 0.358. The molecule has 1 aromatic heterocycles. The summed E-state index contributed by atoms with van der Waals surface area (Å²) in [5, 5.41) is 51.9. The molecule has 0 N–H and O–H groups in total. The summed E-state index contributed by atoms with van der Waals surface area (Å²) < 4.78 is 0. The topological polar surface area (TPSA) is 188 Å². The Morgan fingerprint density at radius 2 is 1.33 bits per heavy atom. The predicted octanol–water partition coefficient (Wildman–Crippen LogP) is -17.4. The molecule has 1 rings (SSSR count). The maximum Gasteiger partial charge on any atom is 1.00 e. The standard InChI is InChI=1S/C12H10N2O8S.4Na/c13-2-6-5(1-7(15)16)10(12(21)22)23-11(6)14(3-8(17)18)4-9(19)20;;;;/h1,3-4H2,(H,15,16)(H,17,18)(H,19,20)(H,21,22);;;;/q;4*+1/p-4. The van der Waals surface area contributed by atoms with E-state index >= 15 is 0 Å². The van der Waals surface area contributed by atoms with Gasteiger partial charge in [0.25, 0.3) is 0 Å². The number of carbonyl (C=O) groups is 4. The van der Waals surface area contributed by atoms with Gasteiger partial charge in [0, 0.05) is 12.4 Å². The molecule has 0 saturated heterocycles. The van der Waals surface area contributed by atoms with E-state index in [0.717, 1.165) is 0 Å². The minimum Gasteiger partial charge on any atom is -0.550 e. The fourth-order valence-corrected chi connectivity index (χ4v) is 2.88. The second kappa shape index (κ2) is 16.6. The van der Waals surface area contributed by atoms with Gasteiger partial charge in [-0.3, -0.25) is 0 Å². The number of carbonyl (C=O) groups excluding carboxylic acids is 4. The molecule has 0 aliphatic rings. The van der Waals surface area contributed by atoms with Crippen LogP contribution in [0, 0.1) is 11.3 Å². The molecule has 10 nitrogen and oxygen atoms in total. The van der Waals surface area contributed by atoms with E-state index in [-0.39, 0.29) is 123 Å². The van der Waals surface area contributed by atoms with E-state index in [1.165, 1.54) is 6.07 Å². The number of anilines is 1. The normalized spacial score (nSPS) is 8.41. The van der Waals surface area contributed by atoms with Crippen molar-refractivity contribution in [3.63, 3.8) is 0 Å². The van der Waals surface area contributed by atoms with Gasteiger partial charge in [0.1, 0.15) is 11.1 Å². The average Bonchev–Trinajstić information content (AvgIpc) is 2.74. The Balaban J connectivity index is -0.000000661. The molecule has 27 heavy (non-hydrogen) atoms. The monoisotopic (exact) mass is 430 g/mol. The number of nitrogens with zero attached hydrogens (tertiary/aromatic N) is 2. The smallest absolute Gasteiger partial charge is 0.550 e. The molecular formula is C12H6N2Na4O8S. The van der Waals surface area contributed by atoms with Crippen molar-refractivity contribution in [3.8, 4) is 6.07 Å². The van der Waals surface area contributed by atoms with Gasteiger partial charge >= 0.3 is 118 Å². The zero-order valence-corrected chi connectivity index (χ0v) is 24.0. The molecule has 0 unspecified atom stereocenters. The van der Waals surface area contributed by atoms with Gasteiger partial charge in [-0.2, -0.15) is 5.26 Å². The van der Waals surface area contributed by atoms with Crippen molar-refractivity contribution in [3.05, 3.63) is 16.0 Å². The van der Waals surface area contributed by atoms with Crippen LogP contribution in [0.5, 0.6) is 0 Å². The van der Waals surface area contributed by atoms with Crippen LogP contribution in [0.3, 0.4) is 0 Å². The van der Waals surface area contributed by atoms with E-state index in [9.17, 15) is 39.6 Å². The van der Waals surface area contributed by atoms with E-state index < -0.39 is 59.4 Å². The summed E-state index contributed by atoms with van der Waals surface area (Å²) >= 11 is 0.321. The second-order valence-corrected chi connectivity index (χ2v) is 5.14. The minimum absolute atomic E-state index is 0. The second-order valence-electron chi connectivity index (χ2n) is 4.14. The molecule has 122 valence electrons. The molecule has 0 amide bonds. The third-order valence-electron chi connectivity index (χ3n) is 2.53. The van der Waals surface area contributed by atoms with E-state index in [1.54, 1.807) is 0 Å².